The lowest BCUT2D eigenvalue weighted by atomic mass is 10.1. The second-order valence-electron chi connectivity index (χ2n) is 3.61. The summed E-state index contributed by atoms with van der Waals surface area (Å²) >= 11 is 0. The molecule has 7 heteroatoms. The van der Waals surface area contributed by atoms with Crippen molar-refractivity contribution in [2.24, 2.45) is 0 Å². The summed E-state index contributed by atoms with van der Waals surface area (Å²) in [5.74, 6) is -0.428. The first-order chi connectivity index (χ1) is 7.45. The third kappa shape index (κ3) is 3.28. The number of hydrogen-bond acceptors (Lipinski definition) is 6. The van der Waals surface area contributed by atoms with Gasteiger partial charge in [-0.25, -0.2) is 4.79 Å². The molecule has 0 aliphatic heterocycles. The van der Waals surface area contributed by atoms with Gasteiger partial charge in [0.25, 0.3) is 5.89 Å². The van der Waals surface area contributed by atoms with Crippen molar-refractivity contribution in [3.05, 3.63) is 11.7 Å². The smallest absolute Gasteiger partial charge is 0.329 e. The minimum atomic E-state index is -1.04. The summed E-state index contributed by atoms with van der Waals surface area (Å²) in [5.41, 5.74) is -0.644. The number of rotatable bonds is 6. The fourth-order valence-electron chi connectivity index (χ4n) is 0.875. The van der Waals surface area contributed by atoms with E-state index < -0.39 is 18.2 Å². The Labute approximate surface area is 92.4 Å². The van der Waals surface area contributed by atoms with Gasteiger partial charge in [0.2, 0.25) is 5.82 Å². The number of aromatic nitrogens is 2. The van der Waals surface area contributed by atoms with E-state index in [9.17, 15) is 4.79 Å². The Kier molecular flexibility index (Phi) is 3.97. The van der Waals surface area contributed by atoms with Crippen molar-refractivity contribution in [3.63, 3.8) is 0 Å². The van der Waals surface area contributed by atoms with Crippen molar-refractivity contribution >= 4 is 5.97 Å². The molecule has 0 atom stereocenters. The molecule has 1 aromatic rings. The second kappa shape index (κ2) is 5.04. The number of ether oxygens (including phenoxy) is 2. The fourth-order valence-corrected chi connectivity index (χ4v) is 0.875. The van der Waals surface area contributed by atoms with E-state index in [2.05, 4.69) is 10.1 Å². The number of hydrogen-bond donors (Lipinski definition) is 1. The van der Waals surface area contributed by atoms with Gasteiger partial charge < -0.3 is 19.1 Å². The molecule has 0 aliphatic carbocycles. The van der Waals surface area contributed by atoms with Gasteiger partial charge in [-0.15, -0.1) is 0 Å². The minimum absolute atomic E-state index is 0.0287. The average molecular weight is 230 g/mol. The van der Waals surface area contributed by atoms with Crippen LogP contribution in [-0.4, -0.2) is 34.9 Å². The average Bonchev–Trinajstić information content (AvgIpc) is 2.66. The molecule has 0 unspecified atom stereocenters. The van der Waals surface area contributed by atoms with Crippen molar-refractivity contribution in [2.75, 3.05) is 13.7 Å². The highest BCUT2D eigenvalue weighted by atomic mass is 16.5. The van der Waals surface area contributed by atoms with Crippen molar-refractivity contribution in [1.82, 2.24) is 10.1 Å². The third-order valence-corrected chi connectivity index (χ3v) is 1.97. The lowest BCUT2D eigenvalue weighted by Crippen LogP contribution is -2.21. The Morgan fingerprint density at radius 2 is 2.25 bits per heavy atom. The Hall–Kier alpha value is -1.47. The molecule has 90 valence electrons. The van der Waals surface area contributed by atoms with E-state index in [4.69, 9.17) is 19.1 Å². The number of carboxylic acid groups (broad SMARTS) is 1. The molecule has 1 N–H and O–H groups in total. The van der Waals surface area contributed by atoms with Crippen molar-refractivity contribution < 1.29 is 23.9 Å². The molecule has 1 heterocycles. The van der Waals surface area contributed by atoms with Crippen LogP contribution in [0.25, 0.3) is 0 Å². The first-order valence-electron chi connectivity index (χ1n) is 4.63. The maximum Gasteiger partial charge on any atom is 0.329 e. The summed E-state index contributed by atoms with van der Waals surface area (Å²) in [5, 5.41) is 12.1. The minimum Gasteiger partial charge on any atom is -0.480 e. The van der Waals surface area contributed by atoms with Crippen LogP contribution in [0.4, 0.5) is 0 Å². The summed E-state index contributed by atoms with van der Waals surface area (Å²) in [6, 6.07) is 0. The molecule has 16 heavy (non-hydrogen) atoms. The molecular weight excluding hydrogens is 216 g/mol. The predicted molar refractivity (Wildman–Crippen MR) is 51.6 cm³/mol. The maximum atomic E-state index is 10.2. The zero-order chi connectivity index (χ0) is 12.2. The van der Waals surface area contributed by atoms with Crippen LogP contribution in [0.3, 0.4) is 0 Å². The highest BCUT2D eigenvalue weighted by molar-refractivity contribution is 5.67. The van der Waals surface area contributed by atoms with Crippen molar-refractivity contribution in [3.8, 4) is 0 Å². The van der Waals surface area contributed by atoms with Gasteiger partial charge in [-0.05, 0) is 13.8 Å². The van der Waals surface area contributed by atoms with Crippen LogP contribution in [0.15, 0.2) is 4.52 Å². The van der Waals surface area contributed by atoms with E-state index in [1.165, 1.54) is 7.11 Å². The zero-order valence-corrected chi connectivity index (χ0v) is 9.39. The molecule has 0 fully saturated rings. The summed E-state index contributed by atoms with van der Waals surface area (Å²) in [7, 11) is 1.54. The highest BCUT2D eigenvalue weighted by Gasteiger charge is 2.26. The van der Waals surface area contributed by atoms with Gasteiger partial charge in [0.1, 0.15) is 18.8 Å². The van der Waals surface area contributed by atoms with Crippen LogP contribution in [0, 0.1) is 0 Å². The number of carbonyl (C=O) groups is 1. The monoisotopic (exact) mass is 230 g/mol. The Bertz CT molecular complexity index is 361. The molecule has 0 spiro atoms. The van der Waals surface area contributed by atoms with Gasteiger partial charge in [0.05, 0.1) is 0 Å². The van der Waals surface area contributed by atoms with Crippen LogP contribution in [0.1, 0.15) is 25.6 Å². The summed E-state index contributed by atoms with van der Waals surface area (Å²) in [6.07, 6.45) is 0. The quantitative estimate of drug-likeness (QED) is 0.762. The van der Waals surface area contributed by atoms with E-state index in [1.54, 1.807) is 13.8 Å². The standard InChI is InChI=1S/C9H14N2O5/c1-9(2,14-3)8-10-6(16-11-8)4-15-5-7(12)13/h4-5H2,1-3H3,(H,12,13). The van der Waals surface area contributed by atoms with Gasteiger partial charge in [-0.2, -0.15) is 4.98 Å². The van der Waals surface area contributed by atoms with E-state index >= 15 is 0 Å². The van der Waals surface area contributed by atoms with Gasteiger partial charge >= 0.3 is 5.97 Å². The van der Waals surface area contributed by atoms with Crippen LogP contribution < -0.4 is 0 Å². The van der Waals surface area contributed by atoms with Gasteiger partial charge in [-0.3, -0.25) is 0 Å². The Morgan fingerprint density at radius 1 is 1.56 bits per heavy atom. The number of methoxy groups -OCH3 is 1. The molecule has 0 amide bonds. The third-order valence-electron chi connectivity index (χ3n) is 1.97. The van der Waals surface area contributed by atoms with E-state index in [-0.39, 0.29) is 12.5 Å². The maximum absolute atomic E-state index is 10.2. The fraction of sp³-hybridized carbons (Fsp3) is 0.667. The van der Waals surface area contributed by atoms with Gasteiger partial charge in [0, 0.05) is 7.11 Å². The predicted octanol–water partition coefficient (Wildman–Crippen LogP) is 0.552. The molecule has 0 saturated heterocycles. The van der Waals surface area contributed by atoms with E-state index in [1.807, 2.05) is 0 Å². The molecule has 0 saturated carbocycles. The topological polar surface area (TPSA) is 94.7 Å². The lowest BCUT2D eigenvalue weighted by molar-refractivity contribution is -0.142. The lowest BCUT2D eigenvalue weighted by Gasteiger charge is -2.17. The molecule has 0 aliphatic rings. The molecular formula is C9H14N2O5. The Balaban J connectivity index is 2.55. The molecule has 1 rings (SSSR count). The number of carboxylic acids is 1. The largest absolute Gasteiger partial charge is 0.480 e. The molecule has 0 radical (unpaired) electrons. The van der Waals surface area contributed by atoms with Gasteiger partial charge in [-0.1, -0.05) is 5.16 Å². The summed E-state index contributed by atoms with van der Waals surface area (Å²) in [6.45, 7) is 3.16. The van der Waals surface area contributed by atoms with E-state index in [0.717, 1.165) is 0 Å². The number of nitrogens with zero attached hydrogens (tertiary/aromatic N) is 2. The van der Waals surface area contributed by atoms with Crippen LogP contribution >= 0.6 is 0 Å². The molecule has 1 aromatic heterocycles. The van der Waals surface area contributed by atoms with Gasteiger partial charge in [0.15, 0.2) is 0 Å². The molecule has 0 bridgehead atoms. The first kappa shape index (κ1) is 12.6. The molecule has 0 aromatic carbocycles. The normalized spacial score (nSPS) is 11.7. The molecule has 7 nitrogen and oxygen atoms in total. The van der Waals surface area contributed by atoms with Crippen LogP contribution in [0.2, 0.25) is 0 Å². The zero-order valence-electron chi connectivity index (χ0n) is 9.39. The number of aliphatic carboxylic acids is 1. The SMILES string of the molecule is COC(C)(C)c1noc(COCC(=O)O)n1. The summed E-state index contributed by atoms with van der Waals surface area (Å²) < 4.78 is 14.8. The van der Waals surface area contributed by atoms with E-state index in [0.29, 0.717) is 5.82 Å². The van der Waals surface area contributed by atoms with Crippen LogP contribution in [0.5, 0.6) is 0 Å². The van der Waals surface area contributed by atoms with Crippen molar-refractivity contribution in [1.29, 1.82) is 0 Å². The first-order valence-corrected chi connectivity index (χ1v) is 4.63. The van der Waals surface area contributed by atoms with Crippen molar-refractivity contribution in [2.45, 2.75) is 26.1 Å². The summed E-state index contributed by atoms with van der Waals surface area (Å²) in [4.78, 5) is 14.2. The Morgan fingerprint density at radius 3 is 2.81 bits per heavy atom. The highest BCUT2D eigenvalue weighted by Crippen LogP contribution is 2.20. The van der Waals surface area contributed by atoms with Crippen LogP contribution in [-0.2, 0) is 26.5 Å². The second-order valence-corrected chi connectivity index (χ2v) is 3.61.